The maximum absolute atomic E-state index is 5.73. The Balaban J connectivity index is 2.77. The predicted octanol–water partition coefficient (Wildman–Crippen LogP) is 1.51. The molecule has 0 radical (unpaired) electrons. The third-order valence-corrected chi connectivity index (χ3v) is 2.53. The highest BCUT2D eigenvalue weighted by atomic mass is 35.5. The van der Waals surface area contributed by atoms with Crippen molar-refractivity contribution in [2.24, 2.45) is 0 Å². The van der Waals surface area contributed by atoms with Crippen LogP contribution in [0.5, 0.6) is 0 Å². The molecule has 0 fully saturated rings. The average Bonchev–Trinajstić information content (AvgIpc) is 2.18. The number of nitrogen functional groups attached to an aromatic ring is 1. The number of anilines is 2. The van der Waals surface area contributed by atoms with Crippen molar-refractivity contribution in [3.05, 3.63) is 11.5 Å². The van der Waals surface area contributed by atoms with Crippen LogP contribution in [0.1, 0.15) is 0 Å². The first-order chi connectivity index (χ1) is 6.65. The molecule has 78 valence electrons. The van der Waals surface area contributed by atoms with Gasteiger partial charge in [-0.3, -0.25) is 0 Å². The molecule has 1 rings (SSSR count). The Kier molecular flexibility index (Phi) is 4.28. The molecule has 0 spiro atoms. The first kappa shape index (κ1) is 11.4. The summed E-state index contributed by atoms with van der Waals surface area (Å²) in [6.07, 6.45) is 3.59. The summed E-state index contributed by atoms with van der Waals surface area (Å²) in [7, 11) is 1.94. The molecule has 6 heteroatoms. The van der Waals surface area contributed by atoms with Gasteiger partial charge >= 0.3 is 0 Å². The van der Waals surface area contributed by atoms with Gasteiger partial charge in [0.2, 0.25) is 5.28 Å². The largest absolute Gasteiger partial charge is 0.394 e. The third kappa shape index (κ3) is 2.92. The maximum Gasteiger partial charge on any atom is 0.224 e. The molecule has 1 aromatic heterocycles. The minimum Gasteiger partial charge on any atom is -0.394 e. The molecule has 0 aliphatic heterocycles. The molecule has 1 aromatic rings. The fraction of sp³-hybridized carbons (Fsp3) is 0.500. The van der Waals surface area contributed by atoms with Crippen molar-refractivity contribution >= 4 is 34.9 Å². The second kappa shape index (κ2) is 5.26. The third-order valence-electron chi connectivity index (χ3n) is 1.76. The van der Waals surface area contributed by atoms with Crippen molar-refractivity contribution in [1.82, 2.24) is 9.97 Å². The molecule has 4 nitrogen and oxygen atoms in total. The smallest absolute Gasteiger partial charge is 0.224 e. The van der Waals surface area contributed by atoms with E-state index in [4.69, 9.17) is 17.3 Å². The second-order valence-electron chi connectivity index (χ2n) is 2.83. The Morgan fingerprint density at radius 2 is 2.36 bits per heavy atom. The zero-order valence-corrected chi connectivity index (χ0v) is 9.77. The topological polar surface area (TPSA) is 55.0 Å². The number of thioether (sulfide) groups is 1. The Morgan fingerprint density at radius 3 is 3.00 bits per heavy atom. The summed E-state index contributed by atoms with van der Waals surface area (Å²) in [4.78, 5) is 9.84. The molecule has 0 atom stereocenters. The fourth-order valence-corrected chi connectivity index (χ4v) is 1.59. The summed E-state index contributed by atoms with van der Waals surface area (Å²) in [6, 6.07) is 0. The summed E-state index contributed by atoms with van der Waals surface area (Å²) in [5, 5.41) is 0.227. The van der Waals surface area contributed by atoms with Crippen LogP contribution in [-0.2, 0) is 0 Å². The molecule has 14 heavy (non-hydrogen) atoms. The Labute approximate surface area is 92.9 Å². The van der Waals surface area contributed by atoms with Crippen molar-refractivity contribution in [2.45, 2.75) is 0 Å². The number of hydrogen-bond donors (Lipinski definition) is 1. The van der Waals surface area contributed by atoms with E-state index >= 15 is 0 Å². The van der Waals surface area contributed by atoms with E-state index in [0.29, 0.717) is 11.5 Å². The first-order valence-corrected chi connectivity index (χ1v) is 5.90. The highest BCUT2D eigenvalue weighted by molar-refractivity contribution is 7.98. The van der Waals surface area contributed by atoms with E-state index in [1.165, 1.54) is 6.20 Å². The highest BCUT2D eigenvalue weighted by Gasteiger charge is 2.07. The van der Waals surface area contributed by atoms with Gasteiger partial charge in [0, 0.05) is 19.3 Å². The molecule has 1 heterocycles. The molecule has 0 saturated heterocycles. The first-order valence-electron chi connectivity index (χ1n) is 4.13. The summed E-state index contributed by atoms with van der Waals surface area (Å²) < 4.78 is 0. The lowest BCUT2D eigenvalue weighted by atomic mass is 10.4. The van der Waals surface area contributed by atoms with Gasteiger partial charge in [-0.15, -0.1) is 0 Å². The van der Waals surface area contributed by atoms with Gasteiger partial charge in [-0.1, -0.05) is 0 Å². The van der Waals surface area contributed by atoms with Crippen molar-refractivity contribution in [3.8, 4) is 0 Å². The minimum absolute atomic E-state index is 0.227. The summed E-state index contributed by atoms with van der Waals surface area (Å²) in [5.74, 6) is 1.72. The number of nitrogens with zero attached hydrogens (tertiary/aromatic N) is 3. The second-order valence-corrected chi connectivity index (χ2v) is 4.16. The van der Waals surface area contributed by atoms with Crippen molar-refractivity contribution < 1.29 is 0 Å². The van der Waals surface area contributed by atoms with Crippen molar-refractivity contribution in [3.63, 3.8) is 0 Å². The van der Waals surface area contributed by atoms with E-state index in [1.807, 2.05) is 11.9 Å². The quantitative estimate of drug-likeness (QED) is 0.798. The molecular formula is C8H13ClN4S. The molecule has 0 bridgehead atoms. The van der Waals surface area contributed by atoms with Crippen LogP contribution in [-0.4, -0.2) is 35.6 Å². The van der Waals surface area contributed by atoms with E-state index < -0.39 is 0 Å². The van der Waals surface area contributed by atoms with E-state index in [2.05, 4.69) is 16.2 Å². The van der Waals surface area contributed by atoms with Gasteiger partial charge in [-0.05, 0) is 17.9 Å². The van der Waals surface area contributed by atoms with Crippen molar-refractivity contribution in [1.29, 1.82) is 0 Å². The van der Waals surface area contributed by atoms with Gasteiger partial charge < -0.3 is 10.6 Å². The van der Waals surface area contributed by atoms with E-state index in [0.717, 1.165) is 12.3 Å². The van der Waals surface area contributed by atoms with Crippen LogP contribution in [0.4, 0.5) is 11.5 Å². The number of halogens is 1. The van der Waals surface area contributed by atoms with Crippen molar-refractivity contribution in [2.75, 3.05) is 36.2 Å². The zero-order valence-electron chi connectivity index (χ0n) is 8.20. The number of aromatic nitrogens is 2. The Morgan fingerprint density at radius 1 is 1.64 bits per heavy atom. The van der Waals surface area contributed by atoms with Gasteiger partial charge in [-0.2, -0.15) is 16.7 Å². The van der Waals surface area contributed by atoms with Gasteiger partial charge in [0.1, 0.15) is 0 Å². The molecule has 0 aliphatic carbocycles. The lowest BCUT2D eigenvalue weighted by Gasteiger charge is -2.18. The minimum atomic E-state index is 0.227. The lowest BCUT2D eigenvalue weighted by Crippen LogP contribution is -2.22. The van der Waals surface area contributed by atoms with Crippen LogP contribution in [0.2, 0.25) is 5.28 Å². The number of nitrogens with two attached hydrogens (primary N) is 1. The van der Waals surface area contributed by atoms with E-state index in [1.54, 1.807) is 11.8 Å². The van der Waals surface area contributed by atoms with Crippen LogP contribution < -0.4 is 10.6 Å². The molecule has 2 N–H and O–H groups in total. The fourth-order valence-electron chi connectivity index (χ4n) is 1.00. The molecule has 0 amide bonds. The predicted molar refractivity (Wildman–Crippen MR) is 63.1 cm³/mol. The number of rotatable bonds is 4. The van der Waals surface area contributed by atoms with Crippen LogP contribution in [0.3, 0.4) is 0 Å². The van der Waals surface area contributed by atoms with Crippen LogP contribution in [0, 0.1) is 0 Å². The highest BCUT2D eigenvalue weighted by Crippen LogP contribution is 2.19. The molecule has 0 saturated carbocycles. The molecule has 0 unspecified atom stereocenters. The number of hydrogen-bond acceptors (Lipinski definition) is 5. The summed E-state index contributed by atoms with van der Waals surface area (Å²) >= 11 is 7.46. The van der Waals surface area contributed by atoms with Gasteiger partial charge in [0.15, 0.2) is 5.82 Å². The maximum atomic E-state index is 5.73. The molecule has 0 aliphatic rings. The normalized spacial score (nSPS) is 10.2. The van der Waals surface area contributed by atoms with E-state index in [-0.39, 0.29) is 5.28 Å². The lowest BCUT2D eigenvalue weighted by molar-refractivity contribution is 0.940. The average molecular weight is 233 g/mol. The van der Waals surface area contributed by atoms with Gasteiger partial charge in [0.25, 0.3) is 0 Å². The Hall–Kier alpha value is -0.680. The van der Waals surface area contributed by atoms with Crippen LogP contribution >= 0.6 is 23.4 Å². The molecular weight excluding hydrogens is 220 g/mol. The SMILES string of the molecule is CSCCN(C)c1nc(Cl)ncc1N. The van der Waals surface area contributed by atoms with Gasteiger partial charge in [0.05, 0.1) is 11.9 Å². The van der Waals surface area contributed by atoms with Crippen LogP contribution in [0.15, 0.2) is 6.20 Å². The molecule has 0 aromatic carbocycles. The van der Waals surface area contributed by atoms with Gasteiger partial charge in [-0.25, -0.2) is 4.98 Å². The summed E-state index contributed by atoms with van der Waals surface area (Å²) in [5.41, 5.74) is 6.28. The van der Waals surface area contributed by atoms with Crippen LogP contribution in [0.25, 0.3) is 0 Å². The monoisotopic (exact) mass is 232 g/mol. The summed E-state index contributed by atoms with van der Waals surface area (Å²) in [6.45, 7) is 0.888. The Bertz CT molecular complexity index is 307. The standard InChI is InChI=1S/C8H13ClN4S/c1-13(3-4-14-2)7-6(10)5-11-8(9)12-7/h5H,3-4,10H2,1-2H3. The van der Waals surface area contributed by atoms with E-state index in [9.17, 15) is 0 Å². The zero-order chi connectivity index (χ0) is 10.6.